The molecule has 132 valence electrons. The quantitative estimate of drug-likeness (QED) is 0.659. The molecule has 0 aliphatic rings. The molecule has 0 spiro atoms. The van der Waals surface area contributed by atoms with Crippen LogP contribution < -0.4 is 10.1 Å². The molecule has 1 amide bonds. The molecule has 2 aromatic rings. The second-order valence-corrected chi connectivity index (χ2v) is 6.09. The number of amides is 1. The molecule has 0 bridgehead atoms. The number of rotatable bonds is 4. The second-order valence-electron chi connectivity index (χ2n) is 6.09. The first-order valence-electron chi connectivity index (χ1n) is 7.89. The Bertz CT molecular complexity index is 843. The summed E-state index contributed by atoms with van der Waals surface area (Å²) in [4.78, 5) is 23.6. The summed E-state index contributed by atoms with van der Waals surface area (Å²) in [7, 11) is 1.43. The molecule has 0 unspecified atom stereocenters. The number of nitrogens with zero attached hydrogens (tertiary/aromatic N) is 1. The van der Waals surface area contributed by atoms with Crippen LogP contribution in [0.5, 0.6) is 5.75 Å². The van der Waals surface area contributed by atoms with Crippen molar-refractivity contribution in [3.63, 3.8) is 0 Å². The average molecular weight is 342 g/mol. The van der Waals surface area contributed by atoms with Crippen molar-refractivity contribution in [2.45, 2.75) is 34.6 Å². The zero-order valence-electron chi connectivity index (χ0n) is 15.3. The van der Waals surface area contributed by atoms with Gasteiger partial charge in [-0.3, -0.25) is 14.9 Å². The van der Waals surface area contributed by atoms with Crippen molar-refractivity contribution in [1.82, 2.24) is 0 Å². The molecule has 0 saturated carbocycles. The SMILES string of the molecule is COc1ccc(NC(=O)c2c(C)c(C)c(C)c(C)c2C)c([N+](=O)[O-])c1. The molecule has 0 saturated heterocycles. The number of ether oxygens (including phenoxy) is 1. The van der Waals surface area contributed by atoms with E-state index in [2.05, 4.69) is 5.32 Å². The molecule has 1 N–H and O–H groups in total. The fraction of sp³-hybridized carbons (Fsp3) is 0.316. The Hall–Kier alpha value is -2.89. The maximum atomic E-state index is 12.8. The number of carbonyl (C=O) groups is 1. The van der Waals surface area contributed by atoms with Crippen molar-refractivity contribution >= 4 is 17.3 Å². The van der Waals surface area contributed by atoms with E-state index in [1.165, 1.54) is 19.2 Å². The molecular formula is C19H22N2O4. The van der Waals surface area contributed by atoms with Crippen LogP contribution in [0.25, 0.3) is 0 Å². The summed E-state index contributed by atoms with van der Waals surface area (Å²) in [6, 6.07) is 4.35. The number of hydrogen-bond acceptors (Lipinski definition) is 4. The van der Waals surface area contributed by atoms with E-state index in [1.807, 2.05) is 34.6 Å². The Morgan fingerprint density at radius 2 is 1.52 bits per heavy atom. The number of nitro groups is 1. The molecule has 0 heterocycles. The summed E-state index contributed by atoms with van der Waals surface area (Å²) < 4.78 is 5.02. The fourth-order valence-electron chi connectivity index (χ4n) is 2.92. The first-order valence-corrected chi connectivity index (χ1v) is 7.89. The molecule has 6 heteroatoms. The van der Waals surface area contributed by atoms with Gasteiger partial charge in [0.05, 0.1) is 18.1 Å². The van der Waals surface area contributed by atoms with Gasteiger partial charge in [0.2, 0.25) is 0 Å². The van der Waals surface area contributed by atoms with Crippen molar-refractivity contribution in [3.05, 3.63) is 61.7 Å². The molecule has 0 aliphatic heterocycles. The highest BCUT2D eigenvalue weighted by Gasteiger charge is 2.22. The fourth-order valence-corrected chi connectivity index (χ4v) is 2.92. The van der Waals surface area contributed by atoms with Crippen LogP contribution in [0.2, 0.25) is 0 Å². The van der Waals surface area contributed by atoms with Gasteiger partial charge in [0.15, 0.2) is 0 Å². The van der Waals surface area contributed by atoms with Crippen molar-refractivity contribution < 1.29 is 14.5 Å². The monoisotopic (exact) mass is 342 g/mol. The van der Waals surface area contributed by atoms with Crippen LogP contribution in [-0.2, 0) is 0 Å². The largest absolute Gasteiger partial charge is 0.496 e. The van der Waals surface area contributed by atoms with E-state index in [-0.39, 0.29) is 17.3 Å². The van der Waals surface area contributed by atoms with E-state index in [9.17, 15) is 14.9 Å². The third-order valence-electron chi connectivity index (χ3n) is 4.88. The Kier molecular flexibility index (Phi) is 5.11. The van der Waals surface area contributed by atoms with Crippen LogP contribution in [-0.4, -0.2) is 17.9 Å². The maximum Gasteiger partial charge on any atom is 0.296 e. The number of hydrogen-bond donors (Lipinski definition) is 1. The highest BCUT2D eigenvalue weighted by atomic mass is 16.6. The molecule has 0 aliphatic carbocycles. The van der Waals surface area contributed by atoms with E-state index in [4.69, 9.17) is 4.74 Å². The summed E-state index contributed by atoms with van der Waals surface area (Å²) >= 11 is 0. The molecule has 6 nitrogen and oxygen atoms in total. The lowest BCUT2D eigenvalue weighted by molar-refractivity contribution is -0.384. The van der Waals surface area contributed by atoms with Crippen molar-refractivity contribution in [2.24, 2.45) is 0 Å². The first-order chi connectivity index (χ1) is 11.7. The first kappa shape index (κ1) is 18.4. The van der Waals surface area contributed by atoms with E-state index in [0.29, 0.717) is 11.3 Å². The van der Waals surface area contributed by atoms with Gasteiger partial charge in [0.1, 0.15) is 11.4 Å². The Balaban J connectivity index is 2.50. The number of carbonyl (C=O) groups excluding carboxylic acids is 1. The van der Waals surface area contributed by atoms with Crippen LogP contribution in [0.3, 0.4) is 0 Å². The number of benzene rings is 2. The van der Waals surface area contributed by atoms with E-state index < -0.39 is 4.92 Å². The van der Waals surface area contributed by atoms with Gasteiger partial charge in [-0.1, -0.05) is 0 Å². The Labute approximate surface area is 147 Å². The lowest BCUT2D eigenvalue weighted by atomic mass is 9.89. The summed E-state index contributed by atoms with van der Waals surface area (Å²) in [5.74, 6) is 0.00792. The molecule has 0 fully saturated rings. The van der Waals surface area contributed by atoms with Crippen molar-refractivity contribution in [2.75, 3.05) is 12.4 Å². The van der Waals surface area contributed by atoms with E-state index in [1.54, 1.807) is 6.07 Å². The molecular weight excluding hydrogens is 320 g/mol. The zero-order chi connectivity index (χ0) is 18.9. The Morgan fingerprint density at radius 3 is 2.00 bits per heavy atom. The van der Waals surface area contributed by atoms with Gasteiger partial charge >= 0.3 is 0 Å². The second kappa shape index (κ2) is 6.93. The molecule has 0 aromatic heterocycles. The minimum atomic E-state index is -0.538. The third kappa shape index (κ3) is 3.33. The van der Waals surface area contributed by atoms with E-state index in [0.717, 1.165) is 27.8 Å². The van der Waals surface area contributed by atoms with Crippen molar-refractivity contribution in [1.29, 1.82) is 0 Å². The summed E-state index contributed by atoms with van der Waals surface area (Å²) in [5, 5.41) is 14.0. The molecule has 0 radical (unpaired) electrons. The zero-order valence-corrected chi connectivity index (χ0v) is 15.3. The summed E-state index contributed by atoms with van der Waals surface area (Å²) in [6.45, 7) is 9.77. The topological polar surface area (TPSA) is 81.5 Å². The summed E-state index contributed by atoms with van der Waals surface area (Å²) in [6.07, 6.45) is 0. The highest BCUT2D eigenvalue weighted by molar-refractivity contribution is 6.07. The maximum absolute atomic E-state index is 12.8. The lowest BCUT2D eigenvalue weighted by Gasteiger charge is -2.18. The van der Waals surface area contributed by atoms with Crippen molar-refractivity contribution in [3.8, 4) is 5.75 Å². The molecule has 25 heavy (non-hydrogen) atoms. The minimum Gasteiger partial charge on any atom is -0.496 e. The predicted molar refractivity (Wildman–Crippen MR) is 97.7 cm³/mol. The van der Waals surface area contributed by atoms with Crippen LogP contribution in [0.1, 0.15) is 38.2 Å². The minimum absolute atomic E-state index is 0.144. The molecule has 2 aromatic carbocycles. The third-order valence-corrected chi connectivity index (χ3v) is 4.88. The predicted octanol–water partition coefficient (Wildman–Crippen LogP) is 4.40. The molecule has 0 atom stereocenters. The van der Waals surface area contributed by atoms with Gasteiger partial charge < -0.3 is 10.1 Å². The number of anilines is 1. The Morgan fingerprint density at radius 1 is 1.00 bits per heavy atom. The number of nitrogens with one attached hydrogen (secondary N) is 1. The smallest absolute Gasteiger partial charge is 0.296 e. The van der Waals surface area contributed by atoms with Crippen LogP contribution in [0.15, 0.2) is 18.2 Å². The highest BCUT2D eigenvalue weighted by Crippen LogP contribution is 2.31. The summed E-state index contributed by atoms with van der Waals surface area (Å²) in [5.41, 5.74) is 5.53. The van der Waals surface area contributed by atoms with Gasteiger partial charge in [-0.15, -0.1) is 0 Å². The standard InChI is InChI=1S/C19H22N2O4/c1-10-11(2)13(4)18(14(5)12(10)3)19(22)20-16-8-7-15(25-6)9-17(16)21(23)24/h7-9H,1-6H3,(H,20,22). The van der Waals surface area contributed by atoms with Gasteiger partial charge in [-0.05, 0) is 74.6 Å². The van der Waals surface area contributed by atoms with Gasteiger partial charge in [-0.25, -0.2) is 0 Å². The number of methoxy groups -OCH3 is 1. The van der Waals surface area contributed by atoms with Crippen LogP contribution in [0.4, 0.5) is 11.4 Å². The van der Waals surface area contributed by atoms with Gasteiger partial charge in [0.25, 0.3) is 11.6 Å². The normalized spacial score (nSPS) is 10.5. The molecule has 2 rings (SSSR count). The van der Waals surface area contributed by atoms with Gasteiger partial charge in [-0.2, -0.15) is 0 Å². The van der Waals surface area contributed by atoms with Gasteiger partial charge in [0, 0.05) is 5.56 Å². The lowest BCUT2D eigenvalue weighted by Crippen LogP contribution is -2.18. The van der Waals surface area contributed by atoms with E-state index >= 15 is 0 Å². The number of nitro benzene ring substituents is 1. The van der Waals surface area contributed by atoms with Crippen LogP contribution >= 0.6 is 0 Å². The van der Waals surface area contributed by atoms with Crippen LogP contribution in [0, 0.1) is 44.7 Å². The average Bonchev–Trinajstić information content (AvgIpc) is 2.58.